The molecule has 124 valence electrons. The second kappa shape index (κ2) is 6.84. The van der Waals surface area contributed by atoms with E-state index in [0.29, 0.717) is 10.7 Å². The van der Waals surface area contributed by atoms with Crippen LogP contribution in [0.5, 0.6) is 0 Å². The van der Waals surface area contributed by atoms with Gasteiger partial charge in [-0.2, -0.15) is 4.68 Å². The van der Waals surface area contributed by atoms with Gasteiger partial charge in [-0.1, -0.05) is 12.1 Å². The fraction of sp³-hybridized carbons (Fsp3) is 0.312. The van der Waals surface area contributed by atoms with Crippen molar-refractivity contribution in [1.29, 1.82) is 0 Å². The summed E-state index contributed by atoms with van der Waals surface area (Å²) in [5.41, 5.74) is 0. The van der Waals surface area contributed by atoms with Gasteiger partial charge >= 0.3 is 0 Å². The maximum absolute atomic E-state index is 5.64. The van der Waals surface area contributed by atoms with Crippen LogP contribution in [0.1, 0.15) is 0 Å². The molecule has 0 radical (unpaired) electrons. The van der Waals surface area contributed by atoms with Crippen molar-refractivity contribution in [2.75, 3.05) is 31.1 Å². The Morgan fingerprint density at radius 2 is 2.12 bits per heavy atom. The summed E-state index contributed by atoms with van der Waals surface area (Å²) in [5.74, 6) is 1.79. The average molecular weight is 361 g/mol. The third kappa shape index (κ3) is 3.26. The fourth-order valence-corrected chi connectivity index (χ4v) is 3.75. The van der Waals surface area contributed by atoms with Crippen LogP contribution >= 0.6 is 23.6 Å². The highest BCUT2D eigenvalue weighted by atomic mass is 32.1. The van der Waals surface area contributed by atoms with Gasteiger partial charge in [-0.15, -0.1) is 16.4 Å². The zero-order valence-electron chi connectivity index (χ0n) is 13.1. The van der Waals surface area contributed by atoms with Crippen molar-refractivity contribution in [1.82, 2.24) is 9.78 Å². The summed E-state index contributed by atoms with van der Waals surface area (Å²) < 4.78 is 7.45. The molecule has 0 aliphatic carbocycles. The lowest BCUT2D eigenvalue weighted by Gasteiger charge is -2.27. The molecule has 4 heterocycles. The van der Waals surface area contributed by atoms with Crippen LogP contribution < -0.4 is 14.8 Å². The number of piperazine rings is 1. The van der Waals surface area contributed by atoms with Crippen molar-refractivity contribution in [2.45, 2.75) is 6.67 Å². The van der Waals surface area contributed by atoms with Crippen molar-refractivity contribution in [3.8, 4) is 10.8 Å². The van der Waals surface area contributed by atoms with Gasteiger partial charge in [0, 0.05) is 6.07 Å². The molecule has 4 rings (SSSR count). The Morgan fingerprint density at radius 3 is 2.83 bits per heavy atom. The smallest absolute Gasteiger partial charge is 0.292 e. The second-order valence-corrected chi connectivity index (χ2v) is 7.09. The molecule has 24 heavy (non-hydrogen) atoms. The number of quaternary nitrogens is 1. The van der Waals surface area contributed by atoms with E-state index in [1.165, 1.54) is 10.7 Å². The minimum absolute atomic E-state index is 0.449. The molecule has 0 atom stereocenters. The molecule has 1 aliphatic rings. The van der Waals surface area contributed by atoms with Crippen molar-refractivity contribution in [3.63, 3.8) is 0 Å². The molecule has 1 fully saturated rings. The van der Waals surface area contributed by atoms with Gasteiger partial charge < -0.3 is 9.32 Å². The number of pyridine rings is 1. The Hall–Kier alpha value is -2.03. The quantitative estimate of drug-likeness (QED) is 0.708. The Bertz CT molecular complexity index is 835. The van der Waals surface area contributed by atoms with Gasteiger partial charge in [0.2, 0.25) is 0 Å². The SMILES string of the molecule is S=c1oc(-c2cccs2)nn1C[NH+]1CCN(c2cccc[nH+]2)CC1. The van der Waals surface area contributed by atoms with E-state index >= 15 is 0 Å². The van der Waals surface area contributed by atoms with Crippen LogP contribution in [0.25, 0.3) is 10.8 Å². The first-order valence-electron chi connectivity index (χ1n) is 7.97. The normalized spacial score (nSPS) is 15.8. The predicted octanol–water partition coefficient (Wildman–Crippen LogP) is 1.11. The molecule has 2 N–H and O–H groups in total. The van der Waals surface area contributed by atoms with Crippen LogP contribution in [0.4, 0.5) is 5.82 Å². The van der Waals surface area contributed by atoms with Crippen LogP contribution in [0.15, 0.2) is 46.3 Å². The summed E-state index contributed by atoms with van der Waals surface area (Å²) in [7, 11) is 0. The molecule has 8 heteroatoms. The molecule has 0 aromatic carbocycles. The molecule has 0 spiro atoms. The lowest BCUT2D eigenvalue weighted by atomic mass is 10.3. The number of hydrogen-bond acceptors (Lipinski definition) is 5. The van der Waals surface area contributed by atoms with Crippen LogP contribution in [0.2, 0.25) is 0 Å². The van der Waals surface area contributed by atoms with Crippen molar-refractivity contribution < 1.29 is 14.3 Å². The minimum Gasteiger partial charge on any atom is -0.408 e. The van der Waals surface area contributed by atoms with Crippen LogP contribution in [0.3, 0.4) is 0 Å². The number of anilines is 1. The Morgan fingerprint density at radius 1 is 1.25 bits per heavy atom. The third-order valence-electron chi connectivity index (χ3n) is 4.22. The van der Waals surface area contributed by atoms with Gasteiger partial charge in [-0.25, -0.2) is 4.98 Å². The van der Waals surface area contributed by atoms with Gasteiger partial charge in [-0.3, -0.25) is 4.90 Å². The topological polar surface area (TPSA) is 52.8 Å². The average Bonchev–Trinajstić information content (AvgIpc) is 3.27. The highest BCUT2D eigenvalue weighted by Crippen LogP contribution is 2.22. The molecule has 6 nitrogen and oxygen atoms in total. The summed E-state index contributed by atoms with van der Waals surface area (Å²) in [5, 5.41) is 6.55. The number of aromatic nitrogens is 3. The van der Waals surface area contributed by atoms with Gasteiger partial charge in [0.1, 0.15) is 26.2 Å². The lowest BCUT2D eigenvalue weighted by molar-refractivity contribution is -0.924. The number of aromatic amines is 1. The second-order valence-electron chi connectivity index (χ2n) is 5.79. The molecule has 0 amide bonds. The van der Waals surface area contributed by atoms with E-state index < -0.39 is 0 Å². The third-order valence-corrected chi connectivity index (χ3v) is 5.37. The van der Waals surface area contributed by atoms with E-state index in [9.17, 15) is 0 Å². The van der Waals surface area contributed by atoms with E-state index in [1.807, 2.05) is 34.5 Å². The first-order chi connectivity index (χ1) is 11.8. The van der Waals surface area contributed by atoms with Gasteiger partial charge in [0.05, 0.1) is 11.1 Å². The number of hydrogen-bond donors (Lipinski definition) is 1. The number of H-pyrrole nitrogens is 1. The zero-order valence-corrected chi connectivity index (χ0v) is 14.8. The highest BCUT2D eigenvalue weighted by Gasteiger charge is 2.26. The minimum atomic E-state index is 0.449. The van der Waals surface area contributed by atoms with Crippen LogP contribution in [0, 0.1) is 4.84 Å². The Balaban J connectivity index is 1.40. The Kier molecular flexibility index (Phi) is 4.42. The molecule has 3 aromatic heterocycles. The summed E-state index contributed by atoms with van der Waals surface area (Å²) in [4.78, 5) is 8.60. The number of nitrogens with zero attached hydrogens (tertiary/aromatic N) is 3. The molecule has 0 saturated carbocycles. The summed E-state index contributed by atoms with van der Waals surface area (Å²) in [6.07, 6.45) is 1.97. The van der Waals surface area contributed by atoms with Gasteiger partial charge in [-0.05, 0) is 29.7 Å². The molecular weight excluding hydrogens is 342 g/mol. The summed E-state index contributed by atoms with van der Waals surface area (Å²) in [6, 6.07) is 10.2. The molecular formula is C16H19N5OS2+2. The molecule has 3 aromatic rings. The first-order valence-corrected chi connectivity index (χ1v) is 9.25. The molecule has 0 unspecified atom stereocenters. The maximum atomic E-state index is 5.64. The fourth-order valence-electron chi connectivity index (χ4n) is 2.92. The van der Waals surface area contributed by atoms with Crippen molar-refractivity contribution in [2.24, 2.45) is 0 Å². The van der Waals surface area contributed by atoms with Crippen molar-refractivity contribution >= 4 is 29.4 Å². The first kappa shape index (κ1) is 15.5. The van der Waals surface area contributed by atoms with E-state index in [2.05, 4.69) is 27.1 Å². The van der Waals surface area contributed by atoms with Gasteiger partial charge in [0.25, 0.3) is 16.5 Å². The summed E-state index contributed by atoms with van der Waals surface area (Å²) >= 11 is 6.93. The maximum Gasteiger partial charge on any atom is 0.292 e. The van der Waals surface area contributed by atoms with Crippen molar-refractivity contribution in [3.05, 3.63) is 46.7 Å². The largest absolute Gasteiger partial charge is 0.408 e. The number of rotatable bonds is 4. The van der Waals surface area contributed by atoms with Crippen LogP contribution in [-0.2, 0) is 6.67 Å². The van der Waals surface area contributed by atoms with Gasteiger partial charge in [0.15, 0.2) is 6.67 Å². The highest BCUT2D eigenvalue weighted by molar-refractivity contribution is 7.71. The molecule has 1 aliphatic heterocycles. The molecule has 0 bridgehead atoms. The monoisotopic (exact) mass is 361 g/mol. The Labute approximate surface area is 149 Å². The predicted molar refractivity (Wildman–Crippen MR) is 94.5 cm³/mol. The number of thiophene rings is 1. The van der Waals surface area contributed by atoms with E-state index in [1.54, 1.807) is 11.3 Å². The summed E-state index contributed by atoms with van der Waals surface area (Å²) in [6.45, 7) is 4.87. The zero-order chi connectivity index (χ0) is 16.4. The van der Waals surface area contributed by atoms with E-state index in [0.717, 1.165) is 37.7 Å². The van der Waals surface area contributed by atoms with E-state index in [-0.39, 0.29) is 0 Å². The van der Waals surface area contributed by atoms with E-state index in [4.69, 9.17) is 16.6 Å². The standard InChI is InChI=1S/C16H17N5OS2/c23-16-21(18-15(22-16)13-4-3-11-24-13)12-19-7-9-20(10-8-19)14-5-1-2-6-17-14/h1-6,11H,7-10,12H2/p+2. The number of nitrogens with one attached hydrogen (secondary N) is 2. The lowest BCUT2D eigenvalue weighted by Crippen LogP contribution is -3.14. The van der Waals surface area contributed by atoms with Crippen LogP contribution in [-0.4, -0.2) is 36.0 Å². The molecule has 1 saturated heterocycles.